The number of nitrogens with zero attached hydrogens (tertiary/aromatic N) is 2. The molecule has 0 saturated heterocycles. The van der Waals surface area contributed by atoms with Crippen LogP contribution in [0.5, 0.6) is 0 Å². The molecule has 8 nitrogen and oxygen atoms in total. The summed E-state index contributed by atoms with van der Waals surface area (Å²) in [6, 6.07) is -0.550. The molecule has 0 atom stereocenters. The Balaban J connectivity index is 2.86. The van der Waals surface area contributed by atoms with Crippen LogP contribution in [0.25, 0.3) is 0 Å². The number of carbonyl (C=O) groups excluding carboxylic acids is 3. The number of nitrogens with two attached hydrogens (primary N) is 1. The van der Waals surface area contributed by atoms with Crippen LogP contribution in [-0.2, 0) is 11.2 Å². The quantitative estimate of drug-likeness (QED) is 0.784. The topological polar surface area (TPSA) is 119 Å². The highest BCUT2D eigenvalue weighted by Crippen LogP contribution is 2.13. The van der Waals surface area contributed by atoms with Crippen LogP contribution in [0.3, 0.4) is 0 Å². The Hall–Kier alpha value is -2.38. The number of aromatic nitrogens is 1. The van der Waals surface area contributed by atoms with Gasteiger partial charge in [0.15, 0.2) is 11.6 Å². The van der Waals surface area contributed by atoms with Crippen LogP contribution in [0, 0.1) is 6.92 Å². The van der Waals surface area contributed by atoms with Gasteiger partial charge in [-0.2, -0.15) is 0 Å². The summed E-state index contributed by atoms with van der Waals surface area (Å²) in [5.74, 6) is -0.526. The van der Waals surface area contributed by atoms with Gasteiger partial charge >= 0.3 is 6.03 Å². The number of hydrogen-bond donors (Lipinski definition) is 2. The molecule has 0 spiro atoms. The molecule has 0 radical (unpaired) electrons. The summed E-state index contributed by atoms with van der Waals surface area (Å²) in [4.78, 5) is 38.8. The molecule has 0 unspecified atom stereocenters. The van der Waals surface area contributed by atoms with E-state index in [-0.39, 0.29) is 24.4 Å². The maximum Gasteiger partial charge on any atom is 0.323 e. The van der Waals surface area contributed by atoms with Crippen LogP contribution in [0.15, 0.2) is 4.42 Å². The number of carbonyl (C=O) groups is 3. The molecule has 0 fully saturated rings. The van der Waals surface area contributed by atoms with Crippen molar-refractivity contribution >= 4 is 17.8 Å². The van der Waals surface area contributed by atoms with Crippen molar-refractivity contribution in [1.82, 2.24) is 15.2 Å². The second-order valence-electron chi connectivity index (χ2n) is 3.90. The third kappa shape index (κ3) is 3.54. The van der Waals surface area contributed by atoms with E-state index in [2.05, 4.69) is 10.3 Å². The number of rotatable bonds is 4. The fourth-order valence-electron chi connectivity index (χ4n) is 1.41. The third-order valence-electron chi connectivity index (χ3n) is 2.45. The standard InChI is InChI=1S/C11H16N4O4/c1-6-9(10(17)15(3)11(18)13-2)14-8(19-6)5-4-7(12)16/h4-5H2,1-3H3,(H2,12,16)(H,13,18). The van der Waals surface area contributed by atoms with Crippen molar-refractivity contribution in [3.63, 3.8) is 0 Å². The molecule has 1 rings (SSSR count). The second kappa shape index (κ2) is 5.98. The lowest BCUT2D eigenvalue weighted by atomic mass is 10.3. The van der Waals surface area contributed by atoms with Crippen molar-refractivity contribution in [1.29, 1.82) is 0 Å². The first kappa shape index (κ1) is 14.7. The van der Waals surface area contributed by atoms with Crippen LogP contribution >= 0.6 is 0 Å². The molecule has 4 amide bonds. The fraction of sp³-hybridized carbons (Fsp3) is 0.455. The minimum absolute atomic E-state index is 0.0468. The fourth-order valence-corrected chi connectivity index (χ4v) is 1.41. The lowest BCUT2D eigenvalue weighted by Crippen LogP contribution is -2.39. The first-order chi connectivity index (χ1) is 8.86. The van der Waals surface area contributed by atoms with Crippen molar-refractivity contribution in [2.75, 3.05) is 14.1 Å². The van der Waals surface area contributed by atoms with E-state index in [9.17, 15) is 14.4 Å². The molecule has 0 aromatic carbocycles. The zero-order valence-electron chi connectivity index (χ0n) is 11.0. The molecule has 0 saturated carbocycles. The van der Waals surface area contributed by atoms with Crippen molar-refractivity contribution in [2.24, 2.45) is 5.73 Å². The Morgan fingerprint density at radius 3 is 2.58 bits per heavy atom. The minimum atomic E-state index is -0.578. The number of aryl methyl sites for hydroxylation is 2. The number of imide groups is 1. The molecule has 0 aliphatic heterocycles. The highest BCUT2D eigenvalue weighted by Gasteiger charge is 2.24. The van der Waals surface area contributed by atoms with E-state index >= 15 is 0 Å². The number of primary amides is 1. The van der Waals surface area contributed by atoms with Gasteiger partial charge in [0, 0.05) is 26.9 Å². The molecule has 104 valence electrons. The van der Waals surface area contributed by atoms with Crippen LogP contribution < -0.4 is 11.1 Å². The van der Waals surface area contributed by atoms with Crippen LogP contribution in [-0.4, -0.2) is 41.8 Å². The van der Waals surface area contributed by atoms with Gasteiger partial charge in [-0.25, -0.2) is 9.78 Å². The van der Waals surface area contributed by atoms with Crippen molar-refractivity contribution in [2.45, 2.75) is 19.8 Å². The van der Waals surface area contributed by atoms with Gasteiger partial charge < -0.3 is 15.5 Å². The van der Waals surface area contributed by atoms with Gasteiger partial charge in [-0.1, -0.05) is 0 Å². The summed E-state index contributed by atoms with van der Waals surface area (Å²) in [5.41, 5.74) is 5.06. The van der Waals surface area contributed by atoms with Crippen molar-refractivity contribution < 1.29 is 18.8 Å². The summed E-state index contributed by atoms with van der Waals surface area (Å²) in [5, 5.41) is 2.33. The average Bonchev–Trinajstić information content (AvgIpc) is 2.74. The second-order valence-corrected chi connectivity index (χ2v) is 3.90. The van der Waals surface area contributed by atoms with Crippen molar-refractivity contribution in [3.8, 4) is 0 Å². The van der Waals surface area contributed by atoms with Gasteiger partial charge in [-0.3, -0.25) is 14.5 Å². The highest BCUT2D eigenvalue weighted by atomic mass is 16.4. The monoisotopic (exact) mass is 268 g/mol. The lowest BCUT2D eigenvalue weighted by molar-refractivity contribution is -0.118. The number of nitrogens with one attached hydrogen (secondary N) is 1. The summed E-state index contributed by atoms with van der Waals surface area (Å²) in [7, 11) is 2.75. The van der Waals surface area contributed by atoms with Gasteiger partial charge in [0.2, 0.25) is 5.91 Å². The van der Waals surface area contributed by atoms with Gasteiger partial charge in [0.25, 0.3) is 5.91 Å². The van der Waals surface area contributed by atoms with Gasteiger partial charge in [-0.15, -0.1) is 0 Å². The van der Waals surface area contributed by atoms with E-state index in [1.807, 2.05) is 0 Å². The number of hydrogen-bond acceptors (Lipinski definition) is 5. The number of amides is 4. The first-order valence-corrected chi connectivity index (χ1v) is 5.61. The lowest BCUT2D eigenvalue weighted by Gasteiger charge is -2.12. The largest absolute Gasteiger partial charge is 0.445 e. The molecule has 0 aliphatic rings. The van der Waals surface area contributed by atoms with E-state index in [0.717, 1.165) is 4.90 Å². The zero-order valence-corrected chi connectivity index (χ0v) is 11.0. The van der Waals surface area contributed by atoms with Crippen molar-refractivity contribution in [3.05, 3.63) is 17.3 Å². The molecule has 1 heterocycles. The molecule has 0 aliphatic carbocycles. The molecule has 8 heteroatoms. The highest BCUT2D eigenvalue weighted by molar-refractivity contribution is 6.03. The molecule has 0 bridgehead atoms. The Morgan fingerprint density at radius 1 is 1.42 bits per heavy atom. The van der Waals surface area contributed by atoms with Gasteiger partial charge in [0.05, 0.1) is 0 Å². The summed E-state index contributed by atoms with van der Waals surface area (Å²) in [6.07, 6.45) is 0.298. The predicted molar refractivity (Wildman–Crippen MR) is 65.3 cm³/mol. The number of urea groups is 1. The summed E-state index contributed by atoms with van der Waals surface area (Å²) in [6.45, 7) is 1.56. The van der Waals surface area contributed by atoms with Crippen LogP contribution in [0.2, 0.25) is 0 Å². The van der Waals surface area contributed by atoms with Gasteiger partial charge in [-0.05, 0) is 6.92 Å². The SMILES string of the molecule is CNC(=O)N(C)C(=O)c1nc(CCC(N)=O)oc1C. The molecule has 19 heavy (non-hydrogen) atoms. The van der Waals surface area contributed by atoms with Gasteiger partial charge in [0.1, 0.15) is 5.76 Å². The van der Waals surface area contributed by atoms with Crippen LogP contribution in [0.1, 0.15) is 28.6 Å². The smallest absolute Gasteiger partial charge is 0.323 e. The Morgan fingerprint density at radius 2 is 2.05 bits per heavy atom. The van der Waals surface area contributed by atoms with E-state index in [1.54, 1.807) is 6.92 Å². The zero-order chi connectivity index (χ0) is 14.6. The molecule has 1 aromatic heterocycles. The average molecular weight is 268 g/mol. The van der Waals surface area contributed by atoms with E-state index in [0.29, 0.717) is 5.76 Å². The molecule has 3 N–H and O–H groups in total. The van der Waals surface area contributed by atoms with Crippen LogP contribution in [0.4, 0.5) is 4.79 Å². The normalized spacial score (nSPS) is 10.1. The number of oxazole rings is 1. The van der Waals surface area contributed by atoms with E-state index in [1.165, 1.54) is 14.1 Å². The summed E-state index contributed by atoms with van der Waals surface area (Å²) < 4.78 is 5.25. The molecular formula is C11H16N4O4. The molecular weight excluding hydrogens is 252 g/mol. The minimum Gasteiger partial charge on any atom is -0.445 e. The maximum atomic E-state index is 12.0. The first-order valence-electron chi connectivity index (χ1n) is 5.61. The van der Waals surface area contributed by atoms with E-state index < -0.39 is 17.8 Å². The Labute approximate surface area is 109 Å². The summed E-state index contributed by atoms with van der Waals surface area (Å²) >= 11 is 0. The predicted octanol–water partition coefficient (Wildman–Crippen LogP) is -0.188. The Kier molecular flexibility index (Phi) is 4.62. The van der Waals surface area contributed by atoms with E-state index in [4.69, 9.17) is 10.2 Å². The molecule has 1 aromatic rings. The Bertz CT molecular complexity index is 509. The third-order valence-corrected chi connectivity index (χ3v) is 2.45. The maximum absolute atomic E-state index is 12.0.